The molecule has 0 aliphatic rings. The Labute approximate surface area is 115 Å². The first-order chi connectivity index (χ1) is 8.70. The van der Waals surface area contributed by atoms with Crippen molar-refractivity contribution in [1.29, 1.82) is 0 Å². The molecule has 0 bridgehead atoms. The van der Waals surface area contributed by atoms with Gasteiger partial charge in [-0.1, -0.05) is 85.0 Å². The number of rotatable bonds is 13. The molecule has 2 unspecified atom stereocenters. The second kappa shape index (κ2) is 13.4. The average molecular weight is 256 g/mol. The number of aliphatic hydroxyl groups excluding tert-OH is 1. The zero-order chi connectivity index (χ0) is 13.6. The van der Waals surface area contributed by atoms with Gasteiger partial charge in [0.05, 0.1) is 6.10 Å². The monoisotopic (exact) mass is 256 g/mol. The van der Waals surface area contributed by atoms with Gasteiger partial charge in [-0.2, -0.15) is 0 Å². The molecular formula is C17H36O. The third-order valence-corrected chi connectivity index (χ3v) is 4.15. The SMILES string of the molecule is CCC(C)CCCCCCCCCCC(O)CC. The summed E-state index contributed by atoms with van der Waals surface area (Å²) in [4.78, 5) is 0. The minimum Gasteiger partial charge on any atom is -0.393 e. The van der Waals surface area contributed by atoms with Crippen molar-refractivity contribution in [3.8, 4) is 0 Å². The molecule has 110 valence electrons. The van der Waals surface area contributed by atoms with Crippen LogP contribution in [0.5, 0.6) is 0 Å². The molecule has 18 heavy (non-hydrogen) atoms. The maximum Gasteiger partial charge on any atom is 0.0537 e. The molecule has 0 aliphatic carbocycles. The predicted octanol–water partition coefficient (Wildman–Crippen LogP) is 5.70. The van der Waals surface area contributed by atoms with Crippen LogP contribution < -0.4 is 0 Å². The summed E-state index contributed by atoms with van der Waals surface area (Å²) in [6.07, 6.45) is 15.6. The molecule has 0 spiro atoms. The molecule has 0 saturated carbocycles. The molecule has 2 atom stereocenters. The molecule has 0 aromatic heterocycles. The van der Waals surface area contributed by atoms with E-state index in [1.165, 1.54) is 64.2 Å². The minimum atomic E-state index is -0.0504. The van der Waals surface area contributed by atoms with Crippen molar-refractivity contribution in [3.63, 3.8) is 0 Å². The summed E-state index contributed by atoms with van der Waals surface area (Å²) < 4.78 is 0. The van der Waals surface area contributed by atoms with Crippen LogP contribution in [0, 0.1) is 5.92 Å². The van der Waals surface area contributed by atoms with Gasteiger partial charge in [0.1, 0.15) is 0 Å². The van der Waals surface area contributed by atoms with E-state index in [0.29, 0.717) is 0 Å². The molecule has 0 rings (SSSR count). The lowest BCUT2D eigenvalue weighted by Gasteiger charge is -2.08. The summed E-state index contributed by atoms with van der Waals surface area (Å²) in [6.45, 7) is 6.72. The van der Waals surface area contributed by atoms with Gasteiger partial charge >= 0.3 is 0 Å². The Kier molecular flexibility index (Phi) is 13.4. The van der Waals surface area contributed by atoms with Crippen LogP contribution in [0.3, 0.4) is 0 Å². The maximum absolute atomic E-state index is 9.42. The van der Waals surface area contributed by atoms with E-state index in [4.69, 9.17) is 0 Å². The van der Waals surface area contributed by atoms with E-state index in [-0.39, 0.29) is 6.10 Å². The summed E-state index contributed by atoms with van der Waals surface area (Å²) in [6, 6.07) is 0. The molecule has 0 fully saturated rings. The molecule has 0 aromatic carbocycles. The highest BCUT2D eigenvalue weighted by molar-refractivity contribution is 4.54. The summed E-state index contributed by atoms with van der Waals surface area (Å²) >= 11 is 0. The molecule has 0 amide bonds. The fourth-order valence-electron chi connectivity index (χ4n) is 2.34. The average Bonchev–Trinajstić information content (AvgIpc) is 2.40. The van der Waals surface area contributed by atoms with Crippen molar-refractivity contribution in [2.24, 2.45) is 5.92 Å². The Bertz CT molecular complexity index is 138. The predicted molar refractivity (Wildman–Crippen MR) is 81.9 cm³/mol. The Hall–Kier alpha value is -0.0400. The lowest BCUT2D eigenvalue weighted by molar-refractivity contribution is 0.156. The molecule has 1 N–H and O–H groups in total. The Balaban J connectivity index is 3.03. The van der Waals surface area contributed by atoms with E-state index in [9.17, 15) is 5.11 Å². The lowest BCUT2D eigenvalue weighted by atomic mass is 9.99. The van der Waals surface area contributed by atoms with E-state index >= 15 is 0 Å². The number of hydrogen-bond acceptors (Lipinski definition) is 1. The first kappa shape index (κ1) is 18.0. The van der Waals surface area contributed by atoms with Crippen LogP contribution in [0.1, 0.15) is 97.8 Å². The fraction of sp³-hybridized carbons (Fsp3) is 1.00. The van der Waals surface area contributed by atoms with Crippen molar-refractivity contribution in [2.45, 2.75) is 104 Å². The molecule has 0 radical (unpaired) electrons. The third kappa shape index (κ3) is 12.4. The summed E-state index contributed by atoms with van der Waals surface area (Å²) in [7, 11) is 0. The van der Waals surface area contributed by atoms with E-state index in [1.807, 2.05) is 0 Å². The van der Waals surface area contributed by atoms with Crippen molar-refractivity contribution >= 4 is 0 Å². The van der Waals surface area contributed by atoms with Crippen LogP contribution in [-0.4, -0.2) is 11.2 Å². The van der Waals surface area contributed by atoms with Crippen LogP contribution in [0.4, 0.5) is 0 Å². The van der Waals surface area contributed by atoms with Gasteiger partial charge in [-0.05, 0) is 18.8 Å². The van der Waals surface area contributed by atoms with Gasteiger partial charge in [-0.15, -0.1) is 0 Å². The van der Waals surface area contributed by atoms with Crippen LogP contribution >= 0.6 is 0 Å². The van der Waals surface area contributed by atoms with Crippen LogP contribution in [0.2, 0.25) is 0 Å². The van der Waals surface area contributed by atoms with Crippen molar-refractivity contribution < 1.29 is 5.11 Å². The van der Waals surface area contributed by atoms with Gasteiger partial charge < -0.3 is 5.11 Å². The quantitative estimate of drug-likeness (QED) is 0.419. The van der Waals surface area contributed by atoms with E-state index in [0.717, 1.165) is 18.8 Å². The van der Waals surface area contributed by atoms with E-state index < -0.39 is 0 Å². The summed E-state index contributed by atoms with van der Waals surface area (Å²) in [5.74, 6) is 0.926. The Morgan fingerprint density at radius 2 is 1.11 bits per heavy atom. The zero-order valence-corrected chi connectivity index (χ0v) is 13.1. The normalized spacial score (nSPS) is 14.7. The number of unbranched alkanes of at least 4 members (excludes halogenated alkanes) is 7. The van der Waals surface area contributed by atoms with Gasteiger partial charge in [0.25, 0.3) is 0 Å². The second-order valence-electron chi connectivity index (χ2n) is 5.98. The second-order valence-corrected chi connectivity index (χ2v) is 5.98. The van der Waals surface area contributed by atoms with Crippen LogP contribution in [-0.2, 0) is 0 Å². The molecule has 0 aromatic rings. The zero-order valence-electron chi connectivity index (χ0n) is 13.1. The topological polar surface area (TPSA) is 20.2 Å². The van der Waals surface area contributed by atoms with Gasteiger partial charge in [-0.3, -0.25) is 0 Å². The summed E-state index contributed by atoms with van der Waals surface area (Å²) in [5, 5.41) is 9.42. The molecule has 0 heterocycles. The van der Waals surface area contributed by atoms with Crippen molar-refractivity contribution in [1.82, 2.24) is 0 Å². The van der Waals surface area contributed by atoms with Gasteiger partial charge in [0, 0.05) is 0 Å². The first-order valence-corrected chi connectivity index (χ1v) is 8.38. The Morgan fingerprint density at radius 3 is 1.56 bits per heavy atom. The standard InChI is InChI=1S/C17H36O/c1-4-16(3)14-12-10-8-6-7-9-11-13-15-17(18)5-2/h16-18H,4-15H2,1-3H3. The molecule has 1 heteroatoms. The minimum absolute atomic E-state index is 0.0504. The van der Waals surface area contributed by atoms with Gasteiger partial charge in [-0.25, -0.2) is 0 Å². The maximum atomic E-state index is 9.42. The highest BCUT2D eigenvalue weighted by Gasteiger charge is 2.00. The van der Waals surface area contributed by atoms with E-state index in [2.05, 4.69) is 20.8 Å². The van der Waals surface area contributed by atoms with E-state index in [1.54, 1.807) is 0 Å². The van der Waals surface area contributed by atoms with Gasteiger partial charge in [0.2, 0.25) is 0 Å². The van der Waals surface area contributed by atoms with Crippen LogP contribution in [0.15, 0.2) is 0 Å². The molecular weight excluding hydrogens is 220 g/mol. The number of aliphatic hydroxyl groups is 1. The largest absolute Gasteiger partial charge is 0.393 e. The molecule has 1 nitrogen and oxygen atoms in total. The Morgan fingerprint density at radius 1 is 0.667 bits per heavy atom. The third-order valence-electron chi connectivity index (χ3n) is 4.15. The first-order valence-electron chi connectivity index (χ1n) is 8.38. The number of hydrogen-bond donors (Lipinski definition) is 1. The van der Waals surface area contributed by atoms with Crippen molar-refractivity contribution in [3.05, 3.63) is 0 Å². The highest BCUT2D eigenvalue weighted by Crippen LogP contribution is 2.15. The van der Waals surface area contributed by atoms with Crippen molar-refractivity contribution in [2.75, 3.05) is 0 Å². The molecule has 0 saturated heterocycles. The molecule has 0 aliphatic heterocycles. The van der Waals surface area contributed by atoms with Gasteiger partial charge in [0.15, 0.2) is 0 Å². The fourth-order valence-corrected chi connectivity index (χ4v) is 2.34. The van der Waals surface area contributed by atoms with Crippen LogP contribution in [0.25, 0.3) is 0 Å². The smallest absolute Gasteiger partial charge is 0.0537 e. The highest BCUT2D eigenvalue weighted by atomic mass is 16.3. The lowest BCUT2D eigenvalue weighted by Crippen LogP contribution is -2.03. The summed E-state index contributed by atoms with van der Waals surface area (Å²) in [5.41, 5.74) is 0.